The maximum Gasteiger partial charge on any atom is 0.136 e. The van der Waals surface area contributed by atoms with E-state index >= 15 is 0 Å². The molecule has 13 heavy (non-hydrogen) atoms. The molecule has 0 bridgehead atoms. The molecule has 1 atom stereocenters. The van der Waals surface area contributed by atoms with E-state index in [1.165, 1.54) is 17.3 Å². The minimum absolute atomic E-state index is 0.656. The van der Waals surface area contributed by atoms with Crippen LogP contribution >= 0.6 is 11.8 Å². The fourth-order valence-electron chi connectivity index (χ4n) is 1.51. The van der Waals surface area contributed by atoms with E-state index in [0.717, 1.165) is 29.7 Å². The van der Waals surface area contributed by atoms with E-state index in [9.17, 15) is 5.11 Å². The Kier molecular flexibility index (Phi) is 3.25. The number of hydrogen-bond acceptors (Lipinski definition) is 2. The van der Waals surface area contributed by atoms with Gasteiger partial charge in [-0.15, -0.1) is 0 Å². The van der Waals surface area contributed by atoms with Crippen molar-refractivity contribution in [3.8, 4) is 0 Å². The Morgan fingerprint density at radius 3 is 2.46 bits per heavy atom. The van der Waals surface area contributed by atoms with Crippen LogP contribution in [0, 0.1) is 0 Å². The zero-order valence-electron chi connectivity index (χ0n) is 8.68. The van der Waals surface area contributed by atoms with Crippen molar-refractivity contribution in [1.82, 2.24) is 0 Å². The van der Waals surface area contributed by atoms with Crippen molar-refractivity contribution < 1.29 is 5.11 Å². The van der Waals surface area contributed by atoms with Gasteiger partial charge in [0, 0.05) is 4.91 Å². The minimum atomic E-state index is -0.656. The number of allylic oxidation sites excluding steroid dienone is 1. The summed E-state index contributed by atoms with van der Waals surface area (Å²) in [6.45, 7) is 10.1. The molecule has 1 aliphatic heterocycles. The topological polar surface area (TPSA) is 20.2 Å². The molecule has 0 fully saturated rings. The third kappa shape index (κ3) is 2.00. The summed E-state index contributed by atoms with van der Waals surface area (Å²) < 4.78 is 0. The molecule has 0 amide bonds. The van der Waals surface area contributed by atoms with E-state index in [1.54, 1.807) is 0 Å². The lowest BCUT2D eigenvalue weighted by atomic mass is 10.0. The summed E-state index contributed by atoms with van der Waals surface area (Å²) in [5, 5.41) is 10.3. The van der Waals surface area contributed by atoms with Crippen molar-refractivity contribution in [3.63, 3.8) is 0 Å². The summed E-state index contributed by atoms with van der Waals surface area (Å²) in [6.07, 6.45) is 3.04. The smallest absolute Gasteiger partial charge is 0.136 e. The van der Waals surface area contributed by atoms with E-state index in [2.05, 4.69) is 13.5 Å². The van der Waals surface area contributed by atoms with Crippen LogP contribution in [0.5, 0.6) is 0 Å². The van der Waals surface area contributed by atoms with Gasteiger partial charge >= 0.3 is 0 Å². The van der Waals surface area contributed by atoms with Gasteiger partial charge in [0.25, 0.3) is 0 Å². The predicted molar refractivity (Wildman–Crippen MR) is 59.6 cm³/mol. The first-order valence-corrected chi connectivity index (χ1v) is 5.61. The van der Waals surface area contributed by atoms with E-state index < -0.39 is 4.93 Å². The standard InChI is InChI=1S/C11H18OS/c1-5-6-7-11(12)9(3)8(2)10(4)13-11/h12H,4-7H2,1-3H3. The summed E-state index contributed by atoms with van der Waals surface area (Å²) in [7, 11) is 0. The van der Waals surface area contributed by atoms with E-state index in [4.69, 9.17) is 0 Å². The Morgan fingerprint density at radius 1 is 1.46 bits per heavy atom. The second kappa shape index (κ2) is 3.89. The van der Waals surface area contributed by atoms with Crippen LogP contribution in [0.3, 0.4) is 0 Å². The van der Waals surface area contributed by atoms with Crippen molar-refractivity contribution in [2.24, 2.45) is 0 Å². The monoisotopic (exact) mass is 198 g/mol. The minimum Gasteiger partial charge on any atom is -0.375 e. The second-order valence-corrected chi connectivity index (χ2v) is 5.04. The lowest BCUT2D eigenvalue weighted by Gasteiger charge is -2.23. The summed E-state index contributed by atoms with van der Waals surface area (Å²) >= 11 is 1.51. The van der Waals surface area contributed by atoms with Gasteiger partial charge in [0.15, 0.2) is 0 Å². The molecule has 0 saturated heterocycles. The Morgan fingerprint density at radius 2 is 2.08 bits per heavy atom. The molecule has 1 aliphatic rings. The lowest BCUT2D eigenvalue weighted by molar-refractivity contribution is 0.163. The van der Waals surface area contributed by atoms with Crippen LogP contribution in [-0.2, 0) is 0 Å². The highest BCUT2D eigenvalue weighted by Crippen LogP contribution is 2.49. The maximum absolute atomic E-state index is 10.3. The van der Waals surface area contributed by atoms with Crippen LogP contribution < -0.4 is 0 Å². The fraction of sp³-hybridized carbons (Fsp3) is 0.636. The molecule has 0 spiro atoms. The highest BCUT2D eigenvalue weighted by atomic mass is 32.2. The molecule has 0 aromatic carbocycles. The first-order valence-electron chi connectivity index (χ1n) is 4.80. The van der Waals surface area contributed by atoms with E-state index in [-0.39, 0.29) is 0 Å². The fourth-order valence-corrected chi connectivity index (χ4v) is 2.78. The molecule has 1 rings (SSSR count). The summed E-state index contributed by atoms with van der Waals surface area (Å²) in [5.41, 5.74) is 2.26. The number of thioether (sulfide) groups is 1. The number of unbranched alkanes of at least 4 members (excludes halogenated alkanes) is 1. The second-order valence-electron chi connectivity index (χ2n) is 3.66. The Bertz CT molecular complexity index is 255. The molecule has 1 N–H and O–H groups in total. The quantitative estimate of drug-likeness (QED) is 0.749. The number of rotatable bonds is 3. The summed E-state index contributed by atoms with van der Waals surface area (Å²) in [4.78, 5) is 0.369. The molecule has 74 valence electrons. The van der Waals surface area contributed by atoms with Crippen molar-refractivity contribution >= 4 is 11.8 Å². The van der Waals surface area contributed by atoms with Gasteiger partial charge in [-0.05, 0) is 37.8 Å². The van der Waals surface area contributed by atoms with E-state index in [1.807, 2.05) is 13.8 Å². The van der Waals surface area contributed by atoms with Crippen molar-refractivity contribution in [2.75, 3.05) is 0 Å². The van der Waals surface area contributed by atoms with Gasteiger partial charge in [0.1, 0.15) is 4.93 Å². The largest absolute Gasteiger partial charge is 0.375 e. The Hall–Kier alpha value is -0.210. The van der Waals surface area contributed by atoms with Gasteiger partial charge < -0.3 is 5.11 Å². The average molecular weight is 198 g/mol. The van der Waals surface area contributed by atoms with Gasteiger partial charge in [0.05, 0.1) is 0 Å². The third-order valence-corrected chi connectivity index (χ3v) is 4.13. The van der Waals surface area contributed by atoms with Crippen molar-refractivity contribution in [3.05, 3.63) is 22.6 Å². The normalized spacial score (nSPS) is 28.8. The van der Waals surface area contributed by atoms with Crippen LogP contribution in [0.1, 0.15) is 40.0 Å². The van der Waals surface area contributed by atoms with Gasteiger partial charge in [-0.2, -0.15) is 0 Å². The zero-order valence-corrected chi connectivity index (χ0v) is 9.50. The molecule has 0 aromatic heterocycles. The zero-order chi connectivity index (χ0) is 10.1. The summed E-state index contributed by atoms with van der Waals surface area (Å²) in [5.74, 6) is 0. The highest BCUT2D eigenvalue weighted by molar-refractivity contribution is 8.05. The van der Waals surface area contributed by atoms with Crippen LogP contribution in [-0.4, -0.2) is 10.0 Å². The highest BCUT2D eigenvalue weighted by Gasteiger charge is 2.37. The van der Waals surface area contributed by atoms with Gasteiger partial charge in [0.2, 0.25) is 0 Å². The molecule has 1 heterocycles. The maximum atomic E-state index is 10.3. The molecular weight excluding hydrogens is 180 g/mol. The first kappa shape index (κ1) is 10.9. The van der Waals surface area contributed by atoms with Crippen LogP contribution in [0.15, 0.2) is 22.6 Å². The van der Waals surface area contributed by atoms with Crippen LogP contribution in [0.2, 0.25) is 0 Å². The first-order chi connectivity index (χ1) is 6.01. The van der Waals surface area contributed by atoms with E-state index in [0.29, 0.717) is 0 Å². The molecule has 2 heteroatoms. The molecule has 0 radical (unpaired) electrons. The number of hydrogen-bond donors (Lipinski definition) is 1. The average Bonchev–Trinajstić information content (AvgIpc) is 2.28. The number of aliphatic hydroxyl groups is 1. The van der Waals surface area contributed by atoms with Crippen LogP contribution in [0.4, 0.5) is 0 Å². The molecule has 0 saturated carbocycles. The molecule has 1 unspecified atom stereocenters. The lowest BCUT2D eigenvalue weighted by Crippen LogP contribution is -2.22. The molecule has 0 aliphatic carbocycles. The van der Waals surface area contributed by atoms with Crippen molar-refractivity contribution in [2.45, 2.75) is 45.0 Å². The molecular formula is C11H18OS. The van der Waals surface area contributed by atoms with Gasteiger partial charge in [-0.3, -0.25) is 0 Å². The molecule has 0 aromatic rings. The summed E-state index contributed by atoms with van der Waals surface area (Å²) in [6, 6.07) is 0. The third-order valence-electron chi connectivity index (χ3n) is 2.73. The Labute approximate surface area is 84.9 Å². The SMILES string of the molecule is C=C1SC(O)(CCCC)C(C)=C1C. The molecule has 1 nitrogen and oxygen atoms in total. The van der Waals surface area contributed by atoms with Gasteiger partial charge in [-0.25, -0.2) is 0 Å². The predicted octanol–water partition coefficient (Wildman–Crippen LogP) is 3.46. The van der Waals surface area contributed by atoms with Crippen molar-refractivity contribution in [1.29, 1.82) is 0 Å². The Balaban J connectivity index is 2.77. The van der Waals surface area contributed by atoms with Gasteiger partial charge in [-0.1, -0.05) is 31.7 Å². The van der Waals surface area contributed by atoms with Crippen LogP contribution in [0.25, 0.3) is 0 Å².